The second-order valence-electron chi connectivity index (χ2n) is 4.49. The first-order chi connectivity index (χ1) is 10.5. The Balaban J connectivity index is 2.46. The van der Waals surface area contributed by atoms with Crippen molar-refractivity contribution in [3.05, 3.63) is 29.8 Å². The molecule has 1 rings (SSSR count). The number of esters is 1. The van der Waals surface area contributed by atoms with Crippen LogP contribution in [0.2, 0.25) is 0 Å². The molecule has 1 aromatic rings. The Bertz CT molecular complexity index is 544. The highest BCUT2D eigenvalue weighted by atomic mass is 16.5. The molecule has 22 heavy (non-hydrogen) atoms. The number of likely N-dealkylation sites (N-methyl/N-ethyl adjacent to an activating group) is 1. The van der Waals surface area contributed by atoms with Gasteiger partial charge in [0.05, 0.1) is 12.7 Å². The fourth-order valence-corrected chi connectivity index (χ4v) is 1.64. The minimum absolute atomic E-state index is 0.281. The lowest BCUT2D eigenvalue weighted by Gasteiger charge is -2.13. The van der Waals surface area contributed by atoms with Crippen molar-refractivity contribution in [1.29, 1.82) is 0 Å². The van der Waals surface area contributed by atoms with Gasteiger partial charge in [-0.05, 0) is 32.0 Å². The van der Waals surface area contributed by atoms with Gasteiger partial charge in [0.2, 0.25) is 5.91 Å². The summed E-state index contributed by atoms with van der Waals surface area (Å²) >= 11 is 0. The first-order valence-corrected chi connectivity index (χ1v) is 6.86. The van der Waals surface area contributed by atoms with Gasteiger partial charge >= 0.3 is 5.97 Å². The molecule has 0 aromatic heterocycles. The van der Waals surface area contributed by atoms with Crippen LogP contribution in [0.3, 0.4) is 0 Å². The Hall–Kier alpha value is -2.57. The van der Waals surface area contributed by atoms with Crippen LogP contribution in [0.4, 0.5) is 0 Å². The molecule has 0 saturated heterocycles. The third-order valence-corrected chi connectivity index (χ3v) is 2.76. The van der Waals surface area contributed by atoms with Crippen molar-refractivity contribution in [1.82, 2.24) is 10.6 Å². The Morgan fingerprint density at radius 2 is 2.00 bits per heavy atom. The van der Waals surface area contributed by atoms with E-state index in [1.54, 1.807) is 32.0 Å². The Morgan fingerprint density at radius 3 is 2.64 bits per heavy atom. The number of benzene rings is 1. The molecule has 0 saturated carbocycles. The molecule has 120 valence electrons. The lowest BCUT2D eigenvalue weighted by molar-refractivity contribution is -0.130. The van der Waals surface area contributed by atoms with Crippen LogP contribution in [0.5, 0.6) is 5.75 Å². The average molecular weight is 308 g/mol. The predicted molar refractivity (Wildman–Crippen MR) is 79.6 cm³/mol. The van der Waals surface area contributed by atoms with E-state index in [1.165, 1.54) is 13.2 Å². The highest BCUT2D eigenvalue weighted by molar-refractivity contribution is 5.92. The summed E-state index contributed by atoms with van der Waals surface area (Å²) in [6.45, 7) is 3.35. The molecule has 0 aliphatic heterocycles. The molecule has 0 heterocycles. The number of hydrogen-bond acceptors (Lipinski definition) is 5. The third-order valence-electron chi connectivity index (χ3n) is 2.76. The highest BCUT2D eigenvalue weighted by Gasteiger charge is 2.16. The quantitative estimate of drug-likeness (QED) is 0.715. The molecule has 1 aromatic carbocycles. The number of ether oxygens (including phenoxy) is 2. The van der Waals surface area contributed by atoms with E-state index in [2.05, 4.69) is 10.6 Å². The fourth-order valence-electron chi connectivity index (χ4n) is 1.64. The topological polar surface area (TPSA) is 93.7 Å². The van der Waals surface area contributed by atoms with E-state index in [0.717, 1.165) is 0 Å². The van der Waals surface area contributed by atoms with Crippen LogP contribution in [0, 0.1) is 0 Å². The van der Waals surface area contributed by atoms with E-state index in [1.807, 2.05) is 0 Å². The standard InChI is InChI=1S/C15H20N2O5/c1-4-16-14(19)10(2)17-13(18)9-22-15(20)11-6-5-7-12(8-11)21-3/h5-8,10H,4,9H2,1-3H3,(H,16,19)(H,17,18)/t10-/m0/s1. The minimum Gasteiger partial charge on any atom is -0.497 e. The predicted octanol–water partition coefficient (Wildman–Crippen LogP) is 0.493. The SMILES string of the molecule is CCNC(=O)[C@H](C)NC(=O)COC(=O)c1cccc(OC)c1. The molecule has 0 fully saturated rings. The molecule has 7 nitrogen and oxygen atoms in total. The zero-order chi connectivity index (χ0) is 16.5. The largest absolute Gasteiger partial charge is 0.497 e. The number of nitrogens with one attached hydrogen (secondary N) is 2. The van der Waals surface area contributed by atoms with Crippen molar-refractivity contribution >= 4 is 17.8 Å². The number of methoxy groups -OCH3 is 1. The Morgan fingerprint density at radius 1 is 1.27 bits per heavy atom. The monoisotopic (exact) mass is 308 g/mol. The lowest BCUT2D eigenvalue weighted by atomic mass is 10.2. The zero-order valence-corrected chi connectivity index (χ0v) is 12.8. The fraction of sp³-hybridized carbons (Fsp3) is 0.400. The Kier molecular flexibility index (Phi) is 6.88. The second-order valence-corrected chi connectivity index (χ2v) is 4.49. The molecule has 2 N–H and O–H groups in total. The molecule has 0 bridgehead atoms. The van der Waals surface area contributed by atoms with Gasteiger partial charge in [-0.15, -0.1) is 0 Å². The van der Waals surface area contributed by atoms with Gasteiger partial charge in [-0.2, -0.15) is 0 Å². The van der Waals surface area contributed by atoms with Crippen molar-refractivity contribution in [2.45, 2.75) is 19.9 Å². The number of hydrogen-bond donors (Lipinski definition) is 2. The van der Waals surface area contributed by atoms with Gasteiger partial charge in [0, 0.05) is 6.54 Å². The van der Waals surface area contributed by atoms with Gasteiger partial charge < -0.3 is 20.1 Å². The molecule has 0 unspecified atom stereocenters. The maximum atomic E-state index is 11.8. The normalized spacial score (nSPS) is 11.2. The van der Waals surface area contributed by atoms with Crippen molar-refractivity contribution in [2.24, 2.45) is 0 Å². The highest BCUT2D eigenvalue weighted by Crippen LogP contribution is 2.13. The van der Waals surface area contributed by atoms with Gasteiger partial charge in [0.1, 0.15) is 11.8 Å². The Labute approximate surface area is 129 Å². The molecule has 0 aliphatic carbocycles. The maximum absolute atomic E-state index is 11.8. The summed E-state index contributed by atoms with van der Waals surface area (Å²) < 4.78 is 9.89. The molecular weight excluding hydrogens is 288 g/mol. The summed E-state index contributed by atoms with van der Waals surface area (Å²) in [7, 11) is 1.49. The summed E-state index contributed by atoms with van der Waals surface area (Å²) in [6.07, 6.45) is 0. The van der Waals surface area contributed by atoms with Crippen LogP contribution in [-0.4, -0.2) is 44.1 Å². The van der Waals surface area contributed by atoms with Crippen LogP contribution in [0.1, 0.15) is 24.2 Å². The molecule has 7 heteroatoms. The molecule has 1 atom stereocenters. The van der Waals surface area contributed by atoms with E-state index in [0.29, 0.717) is 12.3 Å². The summed E-state index contributed by atoms with van der Waals surface area (Å²) in [4.78, 5) is 34.9. The van der Waals surface area contributed by atoms with Crippen molar-refractivity contribution in [2.75, 3.05) is 20.3 Å². The number of rotatable bonds is 7. The van der Waals surface area contributed by atoms with Crippen LogP contribution in [0.15, 0.2) is 24.3 Å². The summed E-state index contributed by atoms with van der Waals surface area (Å²) in [5.41, 5.74) is 0.281. The van der Waals surface area contributed by atoms with Gasteiger partial charge in [0.25, 0.3) is 5.91 Å². The number of amides is 2. The van der Waals surface area contributed by atoms with Crippen LogP contribution in [-0.2, 0) is 14.3 Å². The first kappa shape index (κ1) is 17.5. The van der Waals surface area contributed by atoms with Crippen LogP contribution < -0.4 is 15.4 Å². The van der Waals surface area contributed by atoms with E-state index in [4.69, 9.17) is 9.47 Å². The first-order valence-electron chi connectivity index (χ1n) is 6.86. The van der Waals surface area contributed by atoms with Crippen molar-refractivity contribution < 1.29 is 23.9 Å². The summed E-state index contributed by atoms with van der Waals surface area (Å²) in [5, 5.41) is 5.02. The average Bonchev–Trinajstić information content (AvgIpc) is 2.52. The molecule has 0 spiro atoms. The number of carbonyl (C=O) groups is 3. The number of carbonyl (C=O) groups excluding carboxylic acids is 3. The van der Waals surface area contributed by atoms with E-state index >= 15 is 0 Å². The van der Waals surface area contributed by atoms with E-state index < -0.39 is 24.5 Å². The van der Waals surface area contributed by atoms with Crippen LogP contribution in [0.25, 0.3) is 0 Å². The van der Waals surface area contributed by atoms with Gasteiger partial charge in [-0.1, -0.05) is 6.07 Å². The van der Waals surface area contributed by atoms with Crippen molar-refractivity contribution in [3.63, 3.8) is 0 Å². The van der Waals surface area contributed by atoms with Gasteiger partial charge in [0.15, 0.2) is 6.61 Å². The van der Waals surface area contributed by atoms with Gasteiger partial charge in [-0.3, -0.25) is 9.59 Å². The molecule has 0 radical (unpaired) electrons. The molecule has 2 amide bonds. The second kappa shape index (κ2) is 8.66. The van der Waals surface area contributed by atoms with Gasteiger partial charge in [-0.25, -0.2) is 4.79 Å². The van der Waals surface area contributed by atoms with E-state index in [9.17, 15) is 14.4 Å². The van der Waals surface area contributed by atoms with Crippen molar-refractivity contribution in [3.8, 4) is 5.75 Å². The third kappa shape index (κ3) is 5.43. The van der Waals surface area contributed by atoms with E-state index in [-0.39, 0.29) is 11.5 Å². The molecule has 0 aliphatic rings. The van der Waals surface area contributed by atoms with Crippen LogP contribution >= 0.6 is 0 Å². The summed E-state index contributed by atoms with van der Waals surface area (Å²) in [5.74, 6) is -0.964. The zero-order valence-electron chi connectivity index (χ0n) is 12.8. The lowest BCUT2D eigenvalue weighted by Crippen LogP contribution is -2.46. The molecular formula is C15H20N2O5. The maximum Gasteiger partial charge on any atom is 0.338 e. The smallest absolute Gasteiger partial charge is 0.338 e. The minimum atomic E-state index is -0.692. The summed E-state index contributed by atoms with van der Waals surface area (Å²) in [6, 6.07) is 5.71.